The van der Waals surface area contributed by atoms with Gasteiger partial charge in [-0.15, -0.1) is 0 Å². The molecule has 0 heterocycles. The van der Waals surface area contributed by atoms with Crippen LogP contribution in [0.15, 0.2) is 30.3 Å². The standard InChI is InChI=1S/C15H22N2S/c1-12-7-5-6-10-14(12)17-15(18)16-11-13-8-3-2-4-9-13/h2-4,8-9,12,14H,5-7,10-11H2,1H3,(H2,16,17,18)/t12-,14-/m0/s1. The Morgan fingerprint density at radius 2 is 1.94 bits per heavy atom. The van der Waals surface area contributed by atoms with E-state index in [2.05, 4.69) is 41.8 Å². The van der Waals surface area contributed by atoms with Crippen molar-refractivity contribution in [2.24, 2.45) is 5.92 Å². The highest BCUT2D eigenvalue weighted by Gasteiger charge is 2.21. The minimum Gasteiger partial charge on any atom is -0.360 e. The van der Waals surface area contributed by atoms with Gasteiger partial charge in [-0.05, 0) is 36.5 Å². The van der Waals surface area contributed by atoms with Gasteiger partial charge in [-0.3, -0.25) is 0 Å². The Morgan fingerprint density at radius 1 is 1.22 bits per heavy atom. The largest absolute Gasteiger partial charge is 0.360 e. The van der Waals surface area contributed by atoms with Crippen molar-refractivity contribution in [3.63, 3.8) is 0 Å². The van der Waals surface area contributed by atoms with E-state index in [-0.39, 0.29) is 0 Å². The van der Waals surface area contributed by atoms with Crippen molar-refractivity contribution in [3.05, 3.63) is 35.9 Å². The first-order chi connectivity index (χ1) is 8.75. The van der Waals surface area contributed by atoms with E-state index in [1.165, 1.54) is 31.2 Å². The summed E-state index contributed by atoms with van der Waals surface area (Å²) in [5.41, 5.74) is 1.26. The van der Waals surface area contributed by atoms with Crippen LogP contribution in [0.4, 0.5) is 0 Å². The van der Waals surface area contributed by atoms with Gasteiger partial charge in [0, 0.05) is 12.6 Å². The predicted molar refractivity (Wildman–Crippen MR) is 80.4 cm³/mol. The number of rotatable bonds is 3. The van der Waals surface area contributed by atoms with Crippen LogP contribution < -0.4 is 10.6 Å². The average molecular weight is 262 g/mol. The maximum Gasteiger partial charge on any atom is 0.166 e. The van der Waals surface area contributed by atoms with Gasteiger partial charge >= 0.3 is 0 Å². The van der Waals surface area contributed by atoms with Crippen LogP contribution in [0, 0.1) is 5.92 Å². The van der Waals surface area contributed by atoms with Crippen LogP contribution in [0.1, 0.15) is 38.2 Å². The molecule has 0 saturated heterocycles. The smallest absolute Gasteiger partial charge is 0.166 e. The summed E-state index contributed by atoms with van der Waals surface area (Å²) < 4.78 is 0. The number of benzene rings is 1. The summed E-state index contributed by atoms with van der Waals surface area (Å²) >= 11 is 5.36. The molecule has 2 nitrogen and oxygen atoms in total. The highest BCUT2D eigenvalue weighted by Crippen LogP contribution is 2.23. The average Bonchev–Trinajstić information content (AvgIpc) is 2.40. The second-order valence-electron chi connectivity index (χ2n) is 5.18. The lowest BCUT2D eigenvalue weighted by molar-refractivity contribution is 0.308. The van der Waals surface area contributed by atoms with Gasteiger partial charge in [-0.1, -0.05) is 50.1 Å². The molecule has 1 aliphatic carbocycles. The molecule has 3 heteroatoms. The lowest BCUT2D eigenvalue weighted by Crippen LogP contribution is -2.45. The quantitative estimate of drug-likeness (QED) is 0.818. The molecule has 0 aromatic heterocycles. The zero-order chi connectivity index (χ0) is 12.8. The lowest BCUT2D eigenvalue weighted by atomic mass is 9.86. The molecule has 2 atom stereocenters. The summed E-state index contributed by atoms with van der Waals surface area (Å²) in [7, 11) is 0. The molecule has 1 aromatic carbocycles. The zero-order valence-corrected chi connectivity index (χ0v) is 11.8. The molecule has 1 aliphatic rings. The molecule has 1 saturated carbocycles. The van der Waals surface area contributed by atoms with E-state index < -0.39 is 0 Å². The van der Waals surface area contributed by atoms with Crippen molar-refractivity contribution in [3.8, 4) is 0 Å². The Balaban J connectivity index is 1.75. The van der Waals surface area contributed by atoms with E-state index in [1.807, 2.05) is 6.07 Å². The van der Waals surface area contributed by atoms with Crippen LogP contribution in [-0.2, 0) is 6.54 Å². The number of nitrogens with one attached hydrogen (secondary N) is 2. The molecule has 0 radical (unpaired) electrons. The summed E-state index contributed by atoms with van der Waals surface area (Å²) in [6.45, 7) is 3.12. The molecule has 0 bridgehead atoms. The summed E-state index contributed by atoms with van der Waals surface area (Å²) in [6.07, 6.45) is 5.25. The van der Waals surface area contributed by atoms with Crippen molar-refractivity contribution >= 4 is 17.3 Å². The Morgan fingerprint density at radius 3 is 2.67 bits per heavy atom. The van der Waals surface area contributed by atoms with Gasteiger partial charge in [-0.2, -0.15) is 0 Å². The molecule has 2 rings (SSSR count). The van der Waals surface area contributed by atoms with Crippen molar-refractivity contribution in [1.82, 2.24) is 10.6 Å². The molecule has 1 fully saturated rings. The van der Waals surface area contributed by atoms with Gasteiger partial charge < -0.3 is 10.6 Å². The topological polar surface area (TPSA) is 24.1 Å². The van der Waals surface area contributed by atoms with Crippen LogP contribution in [0.3, 0.4) is 0 Å². The predicted octanol–water partition coefficient (Wildman–Crippen LogP) is 3.23. The fourth-order valence-electron chi connectivity index (χ4n) is 2.53. The third-order valence-corrected chi connectivity index (χ3v) is 3.99. The molecule has 0 unspecified atom stereocenters. The number of thiocarbonyl (C=S) groups is 1. The minimum atomic E-state index is 0.550. The van der Waals surface area contributed by atoms with Crippen LogP contribution in [0.25, 0.3) is 0 Å². The Hall–Kier alpha value is -1.09. The van der Waals surface area contributed by atoms with Crippen LogP contribution in [0.2, 0.25) is 0 Å². The van der Waals surface area contributed by atoms with E-state index in [0.29, 0.717) is 6.04 Å². The van der Waals surface area contributed by atoms with E-state index in [9.17, 15) is 0 Å². The molecule has 0 amide bonds. The van der Waals surface area contributed by atoms with E-state index in [1.54, 1.807) is 0 Å². The Bertz CT molecular complexity index is 377. The molecule has 98 valence electrons. The molecule has 18 heavy (non-hydrogen) atoms. The third-order valence-electron chi connectivity index (χ3n) is 3.72. The SMILES string of the molecule is C[C@H]1CCCC[C@@H]1NC(=S)NCc1ccccc1. The second-order valence-corrected chi connectivity index (χ2v) is 5.59. The fraction of sp³-hybridized carbons (Fsp3) is 0.533. The van der Waals surface area contributed by atoms with Crippen molar-refractivity contribution < 1.29 is 0 Å². The van der Waals surface area contributed by atoms with E-state index in [0.717, 1.165) is 17.6 Å². The Labute approximate surface area is 115 Å². The maximum atomic E-state index is 5.36. The van der Waals surface area contributed by atoms with Crippen molar-refractivity contribution in [2.75, 3.05) is 0 Å². The van der Waals surface area contributed by atoms with Crippen LogP contribution in [-0.4, -0.2) is 11.2 Å². The highest BCUT2D eigenvalue weighted by molar-refractivity contribution is 7.80. The monoisotopic (exact) mass is 262 g/mol. The molecule has 1 aromatic rings. The van der Waals surface area contributed by atoms with Gasteiger partial charge in [0.15, 0.2) is 5.11 Å². The number of hydrogen-bond acceptors (Lipinski definition) is 1. The minimum absolute atomic E-state index is 0.550. The van der Waals surface area contributed by atoms with Gasteiger partial charge in [0.25, 0.3) is 0 Å². The summed E-state index contributed by atoms with van der Waals surface area (Å²) in [5.74, 6) is 0.732. The molecular formula is C15H22N2S. The maximum absolute atomic E-state index is 5.36. The summed E-state index contributed by atoms with van der Waals surface area (Å²) in [4.78, 5) is 0. The molecule has 0 aliphatic heterocycles. The van der Waals surface area contributed by atoms with Crippen LogP contribution in [0.5, 0.6) is 0 Å². The molecule has 2 N–H and O–H groups in total. The third kappa shape index (κ3) is 3.98. The lowest BCUT2D eigenvalue weighted by Gasteiger charge is -2.30. The van der Waals surface area contributed by atoms with Crippen molar-refractivity contribution in [2.45, 2.75) is 45.2 Å². The summed E-state index contributed by atoms with van der Waals surface area (Å²) in [5, 5.41) is 7.54. The molecular weight excluding hydrogens is 240 g/mol. The van der Waals surface area contributed by atoms with Gasteiger partial charge in [0.2, 0.25) is 0 Å². The first-order valence-electron chi connectivity index (χ1n) is 6.84. The normalized spacial score (nSPS) is 23.4. The van der Waals surface area contributed by atoms with Gasteiger partial charge in [0.05, 0.1) is 0 Å². The Kier molecular flexibility index (Phi) is 5.00. The highest BCUT2D eigenvalue weighted by atomic mass is 32.1. The van der Waals surface area contributed by atoms with Gasteiger partial charge in [-0.25, -0.2) is 0 Å². The van der Waals surface area contributed by atoms with Gasteiger partial charge in [0.1, 0.15) is 0 Å². The van der Waals surface area contributed by atoms with E-state index >= 15 is 0 Å². The first-order valence-corrected chi connectivity index (χ1v) is 7.25. The van der Waals surface area contributed by atoms with E-state index in [4.69, 9.17) is 12.2 Å². The first kappa shape index (κ1) is 13.3. The zero-order valence-electron chi connectivity index (χ0n) is 11.0. The molecule has 0 spiro atoms. The summed E-state index contributed by atoms with van der Waals surface area (Å²) in [6, 6.07) is 10.9. The number of hydrogen-bond donors (Lipinski definition) is 2. The van der Waals surface area contributed by atoms with Crippen LogP contribution >= 0.6 is 12.2 Å². The fourth-order valence-corrected chi connectivity index (χ4v) is 2.75. The second kappa shape index (κ2) is 6.74. The van der Waals surface area contributed by atoms with Crippen molar-refractivity contribution in [1.29, 1.82) is 0 Å².